The molecule has 0 bridgehead atoms. The third-order valence-corrected chi connectivity index (χ3v) is 6.71. The molecule has 0 fully saturated rings. The molecule has 182 valence electrons. The highest BCUT2D eigenvalue weighted by Gasteiger charge is 2.20. The maximum absolute atomic E-state index is 13.4. The van der Waals surface area contributed by atoms with E-state index >= 15 is 0 Å². The highest BCUT2D eigenvalue weighted by atomic mass is 32.2. The van der Waals surface area contributed by atoms with E-state index < -0.39 is 0 Å². The Kier molecular flexibility index (Phi) is 8.98. The Morgan fingerprint density at radius 3 is 2.35 bits per heavy atom. The number of rotatable bonds is 12. The lowest BCUT2D eigenvalue weighted by atomic mass is 10.1. The van der Waals surface area contributed by atoms with Crippen LogP contribution >= 0.6 is 11.8 Å². The Morgan fingerprint density at radius 2 is 1.74 bits per heavy atom. The number of ether oxygens (including phenoxy) is 3. The molecule has 2 aromatic carbocycles. The summed E-state index contributed by atoms with van der Waals surface area (Å²) in [6.45, 7) is 4.20. The number of thioether (sulfide) groups is 1. The largest absolute Gasteiger partial charge is 0.493 e. The number of para-hydroxylation sites is 1. The molecule has 34 heavy (non-hydrogen) atoms. The fourth-order valence-corrected chi connectivity index (χ4v) is 4.88. The van der Waals surface area contributed by atoms with Crippen molar-refractivity contribution in [1.82, 2.24) is 9.55 Å². The zero-order valence-electron chi connectivity index (χ0n) is 20.4. The van der Waals surface area contributed by atoms with Gasteiger partial charge in [0.1, 0.15) is 0 Å². The summed E-state index contributed by atoms with van der Waals surface area (Å²) in [5.41, 5.74) is 0.997. The van der Waals surface area contributed by atoms with Gasteiger partial charge in [-0.05, 0) is 37.6 Å². The van der Waals surface area contributed by atoms with Gasteiger partial charge in [-0.15, -0.1) is 0 Å². The number of hydrogen-bond acceptors (Lipinski definition) is 7. The van der Waals surface area contributed by atoms with Crippen LogP contribution in [0.25, 0.3) is 10.9 Å². The lowest BCUT2D eigenvalue weighted by Gasteiger charge is -2.19. The number of aromatic nitrogens is 2. The van der Waals surface area contributed by atoms with Crippen LogP contribution in [0.2, 0.25) is 0 Å². The molecule has 0 aliphatic carbocycles. The molecule has 0 saturated heterocycles. The molecular formula is C26H32N2O5S. The molecule has 7 nitrogen and oxygen atoms in total. The first-order valence-electron chi connectivity index (χ1n) is 11.4. The van der Waals surface area contributed by atoms with Gasteiger partial charge in [0, 0.05) is 11.6 Å². The minimum absolute atomic E-state index is 0.0186. The third-order valence-electron chi connectivity index (χ3n) is 5.76. The average Bonchev–Trinajstić information content (AvgIpc) is 2.86. The number of nitrogens with zero attached hydrogens (tertiary/aromatic N) is 2. The molecule has 1 heterocycles. The van der Waals surface area contributed by atoms with Crippen molar-refractivity contribution in [2.45, 2.75) is 50.7 Å². The summed E-state index contributed by atoms with van der Waals surface area (Å²) in [6.07, 6.45) is 4.14. The van der Waals surface area contributed by atoms with Crippen molar-refractivity contribution in [3.05, 3.63) is 52.3 Å². The normalized spacial score (nSPS) is 11.9. The predicted molar refractivity (Wildman–Crippen MR) is 136 cm³/mol. The lowest BCUT2D eigenvalue weighted by Crippen LogP contribution is -2.26. The van der Waals surface area contributed by atoms with Crippen LogP contribution in [-0.2, 0) is 0 Å². The number of ketones is 1. The fraction of sp³-hybridized carbons (Fsp3) is 0.423. The summed E-state index contributed by atoms with van der Waals surface area (Å²) in [5.74, 6) is 1.25. The van der Waals surface area contributed by atoms with Crippen LogP contribution < -0.4 is 19.8 Å². The van der Waals surface area contributed by atoms with Crippen molar-refractivity contribution in [1.29, 1.82) is 0 Å². The zero-order chi connectivity index (χ0) is 24.7. The van der Waals surface area contributed by atoms with Crippen LogP contribution in [0.5, 0.6) is 17.2 Å². The first kappa shape index (κ1) is 25.6. The van der Waals surface area contributed by atoms with Crippen molar-refractivity contribution in [2.75, 3.05) is 27.1 Å². The van der Waals surface area contributed by atoms with Gasteiger partial charge in [0.05, 0.1) is 38.0 Å². The van der Waals surface area contributed by atoms with Crippen LogP contribution in [0.4, 0.5) is 0 Å². The number of hydrogen-bond donors (Lipinski definition) is 0. The summed E-state index contributed by atoms with van der Waals surface area (Å²) in [6, 6.07) is 10.6. The molecule has 0 N–H and O–H groups in total. The number of unbranched alkanes of at least 4 members (excludes halogenated alkanes) is 2. The Balaban J connectivity index is 1.93. The molecule has 1 atom stereocenters. The number of benzene rings is 2. The van der Waals surface area contributed by atoms with E-state index in [9.17, 15) is 9.59 Å². The number of carbonyl (C=O) groups excluding carboxylic acids is 1. The SMILES string of the molecule is CCCCC[C@H](C)n1c(SCC(=O)c2cc(OC)c(OC)c(OC)c2)nc2ccccc2c1=O. The molecule has 0 aliphatic rings. The quantitative estimate of drug-likeness (QED) is 0.145. The predicted octanol–water partition coefficient (Wildman–Crippen LogP) is 5.54. The van der Waals surface area contributed by atoms with Gasteiger partial charge in [-0.2, -0.15) is 0 Å². The van der Waals surface area contributed by atoms with Crippen LogP contribution in [0.3, 0.4) is 0 Å². The van der Waals surface area contributed by atoms with E-state index in [4.69, 9.17) is 19.2 Å². The van der Waals surface area contributed by atoms with Crippen molar-refractivity contribution in [3.8, 4) is 17.2 Å². The van der Waals surface area contributed by atoms with Crippen LogP contribution in [-0.4, -0.2) is 42.4 Å². The van der Waals surface area contributed by atoms with E-state index in [1.165, 1.54) is 33.1 Å². The van der Waals surface area contributed by atoms with Crippen molar-refractivity contribution < 1.29 is 19.0 Å². The molecule has 0 unspecified atom stereocenters. The first-order valence-corrected chi connectivity index (χ1v) is 12.4. The van der Waals surface area contributed by atoms with Gasteiger partial charge in [-0.25, -0.2) is 4.98 Å². The molecule has 0 aliphatic heterocycles. The average molecular weight is 485 g/mol. The lowest BCUT2D eigenvalue weighted by molar-refractivity contribution is 0.102. The molecule has 3 rings (SSSR count). The first-order chi connectivity index (χ1) is 16.4. The van der Waals surface area contributed by atoms with E-state index in [1.807, 2.05) is 25.1 Å². The molecule has 0 amide bonds. The Hall–Kier alpha value is -3.00. The van der Waals surface area contributed by atoms with Gasteiger partial charge in [0.2, 0.25) is 5.75 Å². The number of Topliss-reactive ketones (excluding diaryl/α,β-unsaturated/α-hetero) is 1. The zero-order valence-corrected chi connectivity index (χ0v) is 21.2. The number of methoxy groups -OCH3 is 3. The second kappa shape index (κ2) is 11.9. The summed E-state index contributed by atoms with van der Waals surface area (Å²) < 4.78 is 17.8. The van der Waals surface area contributed by atoms with E-state index in [0.717, 1.165) is 25.7 Å². The summed E-state index contributed by atoms with van der Waals surface area (Å²) >= 11 is 1.27. The minimum atomic E-state index is -0.128. The molecule has 0 saturated carbocycles. The maximum atomic E-state index is 13.4. The molecule has 0 spiro atoms. The second-order valence-corrected chi connectivity index (χ2v) is 9.00. The minimum Gasteiger partial charge on any atom is -0.493 e. The Morgan fingerprint density at radius 1 is 1.06 bits per heavy atom. The second-order valence-electron chi connectivity index (χ2n) is 8.06. The standard InChI is InChI=1S/C26H32N2O5S/c1-6-7-8-11-17(2)28-25(30)19-12-9-10-13-20(19)27-26(28)34-16-21(29)18-14-22(31-3)24(33-5)23(15-18)32-4/h9-10,12-15,17H,6-8,11,16H2,1-5H3/t17-/m0/s1. The number of fused-ring (bicyclic) bond motifs is 1. The van der Waals surface area contributed by atoms with E-state index in [2.05, 4.69) is 6.92 Å². The summed E-state index contributed by atoms with van der Waals surface area (Å²) in [4.78, 5) is 31.2. The number of carbonyl (C=O) groups is 1. The molecule has 0 radical (unpaired) electrons. The van der Waals surface area contributed by atoms with Crippen LogP contribution in [0, 0.1) is 0 Å². The Labute approximate surface area is 204 Å². The van der Waals surface area contributed by atoms with Crippen molar-refractivity contribution in [2.24, 2.45) is 0 Å². The van der Waals surface area contributed by atoms with Gasteiger partial charge < -0.3 is 14.2 Å². The van der Waals surface area contributed by atoms with Crippen LogP contribution in [0.15, 0.2) is 46.3 Å². The smallest absolute Gasteiger partial charge is 0.262 e. The summed E-state index contributed by atoms with van der Waals surface area (Å²) in [5, 5.41) is 1.14. The third kappa shape index (κ3) is 5.55. The van der Waals surface area contributed by atoms with Gasteiger partial charge in [-0.1, -0.05) is 50.1 Å². The van der Waals surface area contributed by atoms with Gasteiger partial charge in [0.25, 0.3) is 5.56 Å². The topological polar surface area (TPSA) is 79.7 Å². The van der Waals surface area contributed by atoms with E-state index in [0.29, 0.717) is 38.9 Å². The molecule has 3 aromatic rings. The van der Waals surface area contributed by atoms with Gasteiger partial charge >= 0.3 is 0 Å². The summed E-state index contributed by atoms with van der Waals surface area (Å²) in [7, 11) is 4.54. The highest BCUT2D eigenvalue weighted by molar-refractivity contribution is 7.99. The van der Waals surface area contributed by atoms with Gasteiger partial charge in [-0.3, -0.25) is 14.2 Å². The fourth-order valence-electron chi connectivity index (χ4n) is 3.89. The van der Waals surface area contributed by atoms with Crippen molar-refractivity contribution >= 4 is 28.4 Å². The maximum Gasteiger partial charge on any atom is 0.262 e. The molecular weight excluding hydrogens is 452 g/mol. The van der Waals surface area contributed by atoms with Gasteiger partial charge in [0.15, 0.2) is 22.4 Å². The highest BCUT2D eigenvalue weighted by Crippen LogP contribution is 2.38. The molecule has 1 aromatic heterocycles. The van der Waals surface area contributed by atoms with E-state index in [-0.39, 0.29) is 23.1 Å². The monoisotopic (exact) mass is 484 g/mol. The molecule has 8 heteroatoms. The van der Waals surface area contributed by atoms with Crippen molar-refractivity contribution in [3.63, 3.8) is 0 Å². The van der Waals surface area contributed by atoms with Crippen LogP contribution in [0.1, 0.15) is 55.9 Å². The Bertz CT molecular complexity index is 1180. The van der Waals surface area contributed by atoms with E-state index in [1.54, 1.807) is 22.8 Å².